The Hall–Kier alpha value is -1.17. The molecule has 2 rings (SSSR count). The van der Waals surface area contributed by atoms with E-state index in [1.54, 1.807) is 0 Å². The van der Waals surface area contributed by atoms with Gasteiger partial charge in [0, 0.05) is 31.5 Å². The first kappa shape index (κ1) is 15.2. The quantitative estimate of drug-likeness (QED) is 0.564. The van der Waals surface area contributed by atoms with Crippen molar-refractivity contribution in [2.45, 2.75) is 51.5 Å². The normalized spacial score (nSPS) is 14.1. The van der Waals surface area contributed by atoms with Crippen LogP contribution < -0.4 is 10.6 Å². The van der Waals surface area contributed by atoms with Crippen molar-refractivity contribution in [1.29, 1.82) is 0 Å². The van der Waals surface area contributed by atoms with Crippen LogP contribution in [-0.2, 0) is 11.2 Å². The van der Waals surface area contributed by atoms with E-state index in [9.17, 15) is 4.79 Å². The molecule has 0 unspecified atom stereocenters. The molecule has 1 aliphatic carbocycles. The number of rotatable bonds is 8. The van der Waals surface area contributed by atoms with Gasteiger partial charge in [0.25, 0.3) is 0 Å². The minimum atomic E-state index is 0.157. The van der Waals surface area contributed by atoms with Gasteiger partial charge in [-0.1, -0.05) is 6.92 Å². The van der Waals surface area contributed by atoms with E-state index in [1.807, 2.05) is 6.07 Å². The predicted molar refractivity (Wildman–Crippen MR) is 82.6 cm³/mol. The lowest BCUT2D eigenvalue weighted by Gasteiger charge is -2.08. The van der Waals surface area contributed by atoms with Crippen molar-refractivity contribution in [3.63, 3.8) is 0 Å². The molecule has 1 fully saturated rings. The third kappa shape index (κ3) is 5.45. The van der Waals surface area contributed by atoms with Gasteiger partial charge in [0.1, 0.15) is 16.2 Å². The highest BCUT2D eigenvalue weighted by molar-refractivity contribution is 9.10. The number of hydrogen-bond acceptors (Lipinski definition) is 4. The van der Waals surface area contributed by atoms with E-state index in [1.165, 1.54) is 0 Å². The fourth-order valence-electron chi connectivity index (χ4n) is 1.88. The van der Waals surface area contributed by atoms with Crippen molar-refractivity contribution in [3.05, 3.63) is 16.5 Å². The topological polar surface area (TPSA) is 66.9 Å². The van der Waals surface area contributed by atoms with E-state index in [4.69, 9.17) is 0 Å². The van der Waals surface area contributed by atoms with Crippen LogP contribution in [0.1, 0.15) is 44.9 Å². The maximum absolute atomic E-state index is 11.5. The fraction of sp³-hybridized carbons (Fsp3) is 0.643. The largest absolute Gasteiger partial charge is 0.370 e. The van der Waals surface area contributed by atoms with Crippen LogP contribution in [0.5, 0.6) is 0 Å². The molecule has 1 heterocycles. The molecule has 1 aromatic heterocycles. The Bertz CT molecular complexity index is 462. The molecule has 0 saturated heterocycles. The number of nitrogens with one attached hydrogen (secondary N) is 2. The summed E-state index contributed by atoms with van der Waals surface area (Å²) in [5.74, 6) is 1.82. The number of nitrogens with zero attached hydrogens (tertiary/aromatic N) is 2. The molecule has 0 aromatic carbocycles. The highest BCUT2D eigenvalue weighted by atomic mass is 79.9. The van der Waals surface area contributed by atoms with Crippen molar-refractivity contribution in [2.75, 3.05) is 11.9 Å². The highest BCUT2D eigenvalue weighted by Gasteiger charge is 2.22. The number of aromatic nitrogens is 2. The van der Waals surface area contributed by atoms with Crippen molar-refractivity contribution < 1.29 is 4.79 Å². The fourth-order valence-corrected chi connectivity index (χ4v) is 2.31. The molecule has 6 heteroatoms. The van der Waals surface area contributed by atoms with Gasteiger partial charge in [-0.25, -0.2) is 9.97 Å². The van der Waals surface area contributed by atoms with E-state index < -0.39 is 0 Å². The Morgan fingerprint density at radius 2 is 2.25 bits per heavy atom. The van der Waals surface area contributed by atoms with Crippen LogP contribution in [0.2, 0.25) is 0 Å². The summed E-state index contributed by atoms with van der Waals surface area (Å²) in [6.45, 7) is 2.85. The van der Waals surface area contributed by atoms with Crippen molar-refractivity contribution >= 4 is 27.7 Å². The van der Waals surface area contributed by atoms with E-state index >= 15 is 0 Å². The molecule has 0 aliphatic heterocycles. The second-order valence-corrected chi connectivity index (χ2v) is 5.93. The maximum atomic E-state index is 11.5. The first-order valence-corrected chi connectivity index (χ1v) is 8.03. The molecule has 1 aromatic rings. The molecule has 110 valence electrons. The van der Waals surface area contributed by atoms with Crippen LogP contribution >= 0.6 is 15.9 Å². The Balaban J connectivity index is 1.71. The Morgan fingerprint density at radius 3 is 2.95 bits per heavy atom. The average Bonchev–Trinajstić information content (AvgIpc) is 3.18. The molecular formula is C14H21BrN4O. The van der Waals surface area contributed by atoms with E-state index in [0.717, 1.165) is 54.9 Å². The van der Waals surface area contributed by atoms with Crippen LogP contribution in [0.3, 0.4) is 0 Å². The zero-order chi connectivity index (χ0) is 14.4. The Morgan fingerprint density at radius 1 is 1.45 bits per heavy atom. The van der Waals surface area contributed by atoms with Crippen LogP contribution in [0.15, 0.2) is 10.7 Å². The summed E-state index contributed by atoms with van der Waals surface area (Å²) >= 11 is 3.39. The molecule has 5 nitrogen and oxygen atoms in total. The summed E-state index contributed by atoms with van der Waals surface area (Å²) in [4.78, 5) is 20.3. The summed E-state index contributed by atoms with van der Waals surface area (Å²) in [6.07, 6.45) is 5.55. The minimum Gasteiger partial charge on any atom is -0.370 e. The monoisotopic (exact) mass is 340 g/mol. The van der Waals surface area contributed by atoms with Gasteiger partial charge in [-0.2, -0.15) is 0 Å². The number of halogens is 1. The molecule has 20 heavy (non-hydrogen) atoms. The number of aryl methyl sites for hydroxylation is 1. The van der Waals surface area contributed by atoms with E-state index in [0.29, 0.717) is 12.5 Å². The standard InChI is InChI=1S/C14H21BrN4O/c1-2-4-12-18-11(15)9-13(19-12)16-8-3-5-14(20)17-10-6-7-10/h9-10H,2-8H2,1H3,(H,17,20)(H,16,18,19). The van der Waals surface area contributed by atoms with Gasteiger partial charge in [-0.15, -0.1) is 0 Å². The molecular weight excluding hydrogens is 320 g/mol. The maximum Gasteiger partial charge on any atom is 0.220 e. The molecule has 1 aliphatic rings. The average molecular weight is 341 g/mol. The molecule has 0 radical (unpaired) electrons. The van der Waals surface area contributed by atoms with Crippen LogP contribution in [0.4, 0.5) is 5.82 Å². The minimum absolute atomic E-state index is 0.157. The zero-order valence-electron chi connectivity index (χ0n) is 11.8. The van der Waals surface area contributed by atoms with Crippen molar-refractivity contribution in [3.8, 4) is 0 Å². The number of carbonyl (C=O) groups excluding carboxylic acids is 1. The van der Waals surface area contributed by atoms with Gasteiger partial charge in [0.05, 0.1) is 0 Å². The van der Waals surface area contributed by atoms with E-state index in [2.05, 4.69) is 43.5 Å². The summed E-state index contributed by atoms with van der Waals surface area (Å²) < 4.78 is 0.796. The number of anilines is 1. The second kappa shape index (κ2) is 7.57. The van der Waals surface area contributed by atoms with Crippen molar-refractivity contribution in [2.24, 2.45) is 0 Å². The van der Waals surface area contributed by atoms with Gasteiger partial charge < -0.3 is 10.6 Å². The smallest absolute Gasteiger partial charge is 0.220 e. The van der Waals surface area contributed by atoms with Crippen LogP contribution in [-0.4, -0.2) is 28.5 Å². The third-order valence-electron chi connectivity index (χ3n) is 3.04. The summed E-state index contributed by atoms with van der Waals surface area (Å²) in [5.41, 5.74) is 0. The molecule has 0 bridgehead atoms. The third-order valence-corrected chi connectivity index (χ3v) is 3.45. The van der Waals surface area contributed by atoms with Crippen molar-refractivity contribution in [1.82, 2.24) is 15.3 Å². The Labute approximate surface area is 128 Å². The SMILES string of the molecule is CCCc1nc(Br)cc(NCCCC(=O)NC2CC2)n1. The van der Waals surface area contributed by atoms with Gasteiger partial charge in [-0.05, 0) is 41.6 Å². The number of hydrogen-bond donors (Lipinski definition) is 2. The summed E-state index contributed by atoms with van der Waals surface area (Å²) in [6, 6.07) is 2.31. The number of amides is 1. The lowest BCUT2D eigenvalue weighted by atomic mass is 10.3. The van der Waals surface area contributed by atoms with Gasteiger partial charge >= 0.3 is 0 Å². The first-order chi connectivity index (χ1) is 9.67. The van der Waals surface area contributed by atoms with Crippen LogP contribution in [0, 0.1) is 0 Å². The lowest BCUT2D eigenvalue weighted by molar-refractivity contribution is -0.121. The Kier molecular flexibility index (Phi) is 5.76. The summed E-state index contributed by atoms with van der Waals surface area (Å²) in [7, 11) is 0. The predicted octanol–water partition coefficient (Wildman–Crippen LogP) is 2.66. The molecule has 1 amide bonds. The molecule has 0 atom stereocenters. The first-order valence-electron chi connectivity index (χ1n) is 7.24. The van der Waals surface area contributed by atoms with Gasteiger partial charge in [0.2, 0.25) is 5.91 Å². The van der Waals surface area contributed by atoms with E-state index in [-0.39, 0.29) is 5.91 Å². The number of carbonyl (C=O) groups is 1. The molecule has 0 spiro atoms. The highest BCUT2D eigenvalue weighted by Crippen LogP contribution is 2.18. The second-order valence-electron chi connectivity index (χ2n) is 5.11. The zero-order valence-corrected chi connectivity index (χ0v) is 13.4. The van der Waals surface area contributed by atoms with Crippen LogP contribution in [0.25, 0.3) is 0 Å². The lowest BCUT2D eigenvalue weighted by Crippen LogP contribution is -2.25. The van der Waals surface area contributed by atoms with Gasteiger partial charge in [-0.3, -0.25) is 4.79 Å². The van der Waals surface area contributed by atoms with Gasteiger partial charge in [0.15, 0.2) is 0 Å². The summed E-state index contributed by atoms with van der Waals surface area (Å²) in [5, 5.41) is 6.24. The molecule has 2 N–H and O–H groups in total. The molecule has 1 saturated carbocycles.